The van der Waals surface area contributed by atoms with Gasteiger partial charge in [-0.25, -0.2) is 4.79 Å². The number of imide groups is 1. The minimum absolute atomic E-state index is 0.0639. The van der Waals surface area contributed by atoms with Crippen LogP contribution in [0.3, 0.4) is 0 Å². The van der Waals surface area contributed by atoms with Gasteiger partial charge in [0, 0.05) is 0 Å². The Kier molecular flexibility index (Phi) is 2.26. The predicted molar refractivity (Wildman–Crippen MR) is 53.5 cm³/mol. The summed E-state index contributed by atoms with van der Waals surface area (Å²) in [5.41, 5.74) is -1.34. The summed E-state index contributed by atoms with van der Waals surface area (Å²) in [6.45, 7) is 1.47. The Hall–Kier alpha value is -1.04. The SMILES string of the molecule is CC(C(=O)O)(C1CC1)N1C(=O)CSC1=O. The Morgan fingerprint density at radius 1 is 1.53 bits per heavy atom. The van der Waals surface area contributed by atoms with Crippen molar-refractivity contribution in [2.24, 2.45) is 5.92 Å². The van der Waals surface area contributed by atoms with Crippen molar-refractivity contribution in [2.75, 3.05) is 5.75 Å². The molecule has 0 bridgehead atoms. The summed E-state index contributed by atoms with van der Waals surface area (Å²) < 4.78 is 0. The molecule has 2 amide bonds. The van der Waals surface area contributed by atoms with Crippen LogP contribution in [0.2, 0.25) is 0 Å². The van der Waals surface area contributed by atoms with Crippen LogP contribution in [0.5, 0.6) is 0 Å². The normalized spacial score (nSPS) is 25.5. The molecule has 0 spiro atoms. The van der Waals surface area contributed by atoms with Crippen LogP contribution in [0.4, 0.5) is 4.79 Å². The maximum absolute atomic E-state index is 11.5. The Labute approximate surface area is 90.8 Å². The Bertz CT molecular complexity index is 336. The van der Waals surface area contributed by atoms with Crippen LogP contribution in [0.25, 0.3) is 0 Å². The van der Waals surface area contributed by atoms with Crippen LogP contribution in [-0.4, -0.2) is 38.4 Å². The highest BCUT2D eigenvalue weighted by Gasteiger charge is 2.57. The topological polar surface area (TPSA) is 74.7 Å². The van der Waals surface area contributed by atoms with E-state index in [1.807, 2.05) is 0 Å². The summed E-state index contributed by atoms with van der Waals surface area (Å²) in [5, 5.41) is 8.75. The highest BCUT2D eigenvalue weighted by molar-refractivity contribution is 8.14. The van der Waals surface area contributed by atoms with E-state index in [1.54, 1.807) is 0 Å². The second kappa shape index (κ2) is 3.23. The van der Waals surface area contributed by atoms with Crippen molar-refractivity contribution >= 4 is 28.9 Å². The summed E-state index contributed by atoms with van der Waals surface area (Å²) in [4.78, 5) is 35.1. The summed E-state index contributed by atoms with van der Waals surface area (Å²) in [5.74, 6) is -1.49. The number of carbonyl (C=O) groups is 3. The minimum atomic E-state index is -1.34. The molecular formula is C9H11NO4S. The number of hydrogen-bond donors (Lipinski definition) is 1. The molecule has 0 radical (unpaired) electrons. The van der Waals surface area contributed by atoms with Crippen LogP contribution in [-0.2, 0) is 9.59 Å². The van der Waals surface area contributed by atoms with Gasteiger partial charge in [-0.3, -0.25) is 14.5 Å². The molecule has 5 nitrogen and oxygen atoms in total. The number of aliphatic carboxylic acids is 1. The van der Waals surface area contributed by atoms with Crippen LogP contribution < -0.4 is 0 Å². The van der Waals surface area contributed by atoms with Crippen molar-refractivity contribution < 1.29 is 19.5 Å². The first-order valence-corrected chi connectivity index (χ1v) is 5.69. The Morgan fingerprint density at radius 2 is 2.13 bits per heavy atom. The third kappa shape index (κ3) is 1.43. The van der Waals surface area contributed by atoms with Gasteiger partial charge in [0.25, 0.3) is 5.24 Å². The van der Waals surface area contributed by atoms with Gasteiger partial charge in [-0.05, 0) is 25.7 Å². The third-order valence-electron chi connectivity index (χ3n) is 3.02. The minimum Gasteiger partial charge on any atom is -0.479 e. The summed E-state index contributed by atoms with van der Waals surface area (Å²) >= 11 is 0.877. The van der Waals surface area contributed by atoms with E-state index in [9.17, 15) is 19.5 Å². The van der Waals surface area contributed by atoms with E-state index in [1.165, 1.54) is 6.92 Å². The molecule has 1 heterocycles. The van der Waals surface area contributed by atoms with Crippen LogP contribution in [0.1, 0.15) is 19.8 Å². The average molecular weight is 229 g/mol. The number of carboxylic acids is 1. The monoisotopic (exact) mass is 229 g/mol. The largest absolute Gasteiger partial charge is 0.479 e. The number of thioether (sulfide) groups is 1. The zero-order chi connectivity index (χ0) is 11.2. The molecule has 2 aliphatic rings. The van der Waals surface area contributed by atoms with Crippen molar-refractivity contribution in [3.8, 4) is 0 Å². The van der Waals surface area contributed by atoms with E-state index in [0.29, 0.717) is 0 Å². The predicted octanol–water partition coefficient (Wildman–Crippen LogP) is 0.935. The van der Waals surface area contributed by atoms with Gasteiger partial charge in [0.2, 0.25) is 5.91 Å². The molecule has 6 heteroatoms. The second-order valence-electron chi connectivity index (χ2n) is 4.01. The van der Waals surface area contributed by atoms with Crippen molar-refractivity contribution in [1.29, 1.82) is 0 Å². The number of carboxylic acid groups (broad SMARTS) is 1. The lowest BCUT2D eigenvalue weighted by atomic mass is 9.94. The quantitative estimate of drug-likeness (QED) is 0.779. The second-order valence-corrected chi connectivity index (χ2v) is 4.94. The van der Waals surface area contributed by atoms with Crippen LogP contribution in [0.15, 0.2) is 0 Å². The van der Waals surface area contributed by atoms with E-state index >= 15 is 0 Å². The van der Waals surface area contributed by atoms with Crippen LogP contribution >= 0.6 is 11.8 Å². The molecule has 2 rings (SSSR count). The first-order valence-electron chi connectivity index (χ1n) is 4.71. The summed E-state index contributed by atoms with van der Waals surface area (Å²) in [7, 11) is 0. The molecule has 1 N–H and O–H groups in total. The summed E-state index contributed by atoms with van der Waals surface area (Å²) in [6.07, 6.45) is 1.54. The first-order chi connectivity index (χ1) is 6.98. The fraction of sp³-hybridized carbons (Fsp3) is 0.667. The van der Waals surface area contributed by atoms with Gasteiger partial charge in [-0.1, -0.05) is 11.8 Å². The molecule has 1 saturated carbocycles. The maximum Gasteiger partial charge on any atom is 0.330 e. The lowest BCUT2D eigenvalue weighted by Crippen LogP contribution is -2.56. The average Bonchev–Trinajstić information content (AvgIpc) is 2.93. The van der Waals surface area contributed by atoms with Crippen molar-refractivity contribution in [1.82, 2.24) is 4.90 Å². The molecule has 1 atom stereocenters. The van der Waals surface area contributed by atoms with E-state index < -0.39 is 16.7 Å². The third-order valence-corrected chi connectivity index (χ3v) is 3.84. The number of amides is 2. The van der Waals surface area contributed by atoms with Gasteiger partial charge in [0.15, 0.2) is 0 Å². The van der Waals surface area contributed by atoms with E-state index in [2.05, 4.69) is 0 Å². The van der Waals surface area contributed by atoms with Gasteiger partial charge >= 0.3 is 5.97 Å². The molecule has 82 valence electrons. The number of hydrogen-bond acceptors (Lipinski definition) is 4. The molecule has 0 aromatic heterocycles. The standard InChI is InChI=1S/C9H11NO4S/c1-9(7(12)13,5-2-3-5)10-6(11)4-15-8(10)14/h5H,2-4H2,1H3,(H,12,13). The smallest absolute Gasteiger partial charge is 0.330 e. The molecular weight excluding hydrogens is 218 g/mol. The molecule has 1 saturated heterocycles. The summed E-state index contributed by atoms with van der Waals surface area (Å²) in [6, 6.07) is 0. The van der Waals surface area contributed by atoms with Crippen molar-refractivity contribution in [3.63, 3.8) is 0 Å². The van der Waals surface area contributed by atoms with Crippen LogP contribution in [0, 0.1) is 5.92 Å². The molecule has 0 aromatic carbocycles. The van der Waals surface area contributed by atoms with Crippen molar-refractivity contribution in [3.05, 3.63) is 0 Å². The number of rotatable bonds is 3. The molecule has 0 aromatic rings. The van der Waals surface area contributed by atoms with E-state index in [0.717, 1.165) is 29.5 Å². The van der Waals surface area contributed by atoms with Gasteiger partial charge < -0.3 is 5.11 Å². The van der Waals surface area contributed by atoms with E-state index in [-0.39, 0.29) is 17.6 Å². The molecule has 1 aliphatic carbocycles. The van der Waals surface area contributed by atoms with E-state index in [4.69, 9.17) is 0 Å². The Morgan fingerprint density at radius 3 is 2.47 bits per heavy atom. The first kappa shape index (κ1) is 10.5. The maximum atomic E-state index is 11.5. The highest BCUT2D eigenvalue weighted by atomic mass is 32.2. The lowest BCUT2D eigenvalue weighted by Gasteiger charge is -2.32. The Balaban J connectivity index is 2.35. The number of nitrogens with zero attached hydrogens (tertiary/aromatic N) is 1. The van der Waals surface area contributed by atoms with Gasteiger partial charge in [-0.15, -0.1) is 0 Å². The lowest BCUT2D eigenvalue weighted by molar-refractivity contribution is -0.154. The fourth-order valence-electron chi connectivity index (χ4n) is 1.90. The number of carbonyl (C=O) groups excluding carboxylic acids is 2. The highest BCUT2D eigenvalue weighted by Crippen LogP contribution is 2.45. The molecule has 15 heavy (non-hydrogen) atoms. The molecule has 1 aliphatic heterocycles. The fourth-order valence-corrected chi connectivity index (χ4v) is 2.70. The van der Waals surface area contributed by atoms with Gasteiger partial charge in [0.05, 0.1) is 5.75 Å². The zero-order valence-corrected chi connectivity index (χ0v) is 9.04. The molecule has 2 fully saturated rings. The van der Waals surface area contributed by atoms with Gasteiger partial charge in [0.1, 0.15) is 5.54 Å². The molecule has 1 unspecified atom stereocenters. The van der Waals surface area contributed by atoms with Gasteiger partial charge in [-0.2, -0.15) is 0 Å². The van der Waals surface area contributed by atoms with Crippen molar-refractivity contribution in [2.45, 2.75) is 25.3 Å². The zero-order valence-electron chi connectivity index (χ0n) is 8.23.